The minimum atomic E-state index is -3.18. The molecule has 1 heterocycles. The lowest BCUT2D eigenvalue weighted by Gasteiger charge is -2.21. The van der Waals surface area contributed by atoms with E-state index in [-0.39, 0.29) is 5.75 Å². The van der Waals surface area contributed by atoms with Gasteiger partial charge < -0.3 is 19.5 Å². The van der Waals surface area contributed by atoms with Crippen molar-refractivity contribution in [1.29, 1.82) is 0 Å². The number of hydrogen-bond acceptors (Lipinski definition) is 6. The van der Waals surface area contributed by atoms with Crippen LogP contribution in [0.25, 0.3) is 0 Å². The molecule has 0 spiro atoms. The van der Waals surface area contributed by atoms with Gasteiger partial charge in [0.2, 0.25) is 15.8 Å². The monoisotopic (exact) mass is 316 g/mol. The van der Waals surface area contributed by atoms with Gasteiger partial charge in [0.25, 0.3) is 0 Å². The van der Waals surface area contributed by atoms with Crippen molar-refractivity contribution in [1.82, 2.24) is 10.0 Å². The van der Waals surface area contributed by atoms with Crippen LogP contribution in [-0.2, 0) is 16.6 Å². The Morgan fingerprint density at radius 3 is 2.76 bits per heavy atom. The van der Waals surface area contributed by atoms with Crippen LogP contribution < -0.4 is 24.2 Å². The van der Waals surface area contributed by atoms with Gasteiger partial charge in [-0.2, -0.15) is 0 Å². The van der Waals surface area contributed by atoms with E-state index >= 15 is 0 Å². The summed E-state index contributed by atoms with van der Waals surface area (Å²) in [6.45, 7) is 1.89. The Hall–Kier alpha value is -1.51. The van der Waals surface area contributed by atoms with Gasteiger partial charge in [-0.05, 0) is 24.7 Å². The van der Waals surface area contributed by atoms with Gasteiger partial charge >= 0.3 is 0 Å². The molecule has 0 aliphatic carbocycles. The molecule has 0 saturated heterocycles. The van der Waals surface area contributed by atoms with Crippen LogP contribution in [0.5, 0.6) is 17.2 Å². The molecule has 0 radical (unpaired) electrons. The summed E-state index contributed by atoms with van der Waals surface area (Å²) in [5, 5.41) is 3.08. The second-order valence-corrected chi connectivity index (χ2v) is 6.57. The molecule has 0 bridgehead atoms. The molecule has 0 atom stereocenters. The van der Waals surface area contributed by atoms with E-state index in [0.29, 0.717) is 43.6 Å². The first-order valence-corrected chi connectivity index (χ1v) is 8.29. The van der Waals surface area contributed by atoms with E-state index in [1.807, 2.05) is 12.1 Å². The molecule has 7 nitrogen and oxygen atoms in total. The Kier molecular flexibility index (Phi) is 5.27. The fraction of sp³-hybridized carbons (Fsp3) is 0.538. The molecule has 8 heteroatoms. The van der Waals surface area contributed by atoms with E-state index < -0.39 is 10.0 Å². The highest BCUT2D eigenvalue weighted by Crippen LogP contribution is 2.40. The highest BCUT2D eigenvalue weighted by atomic mass is 32.2. The fourth-order valence-corrected chi connectivity index (χ4v) is 2.59. The lowest BCUT2D eigenvalue weighted by atomic mass is 10.1. The third kappa shape index (κ3) is 4.23. The molecule has 1 aliphatic rings. The maximum absolute atomic E-state index is 11.3. The predicted molar refractivity (Wildman–Crippen MR) is 78.5 cm³/mol. The lowest BCUT2D eigenvalue weighted by molar-refractivity contribution is 0.165. The van der Waals surface area contributed by atoms with Crippen LogP contribution in [0.4, 0.5) is 0 Å². The van der Waals surface area contributed by atoms with Crippen molar-refractivity contribution in [2.24, 2.45) is 0 Å². The Morgan fingerprint density at radius 2 is 2.05 bits per heavy atom. The molecule has 0 aromatic heterocycles. The quantitative estimate of drug-likeness (QED) is 0.694. The Balaban J connectivity index is 1.98. The molecule has 0 unspecified atom stereocenters. The van der Waals surface area contributed by atoms with Crippen molar-refractivity contribution in [3.8, 4) is 17.2 Å². The van der Waals surface area contributed by atoms with E-state index in [0.717, 1.165) is 5.56 Å². The molecular weight excluding hydrogens is 296 g/mol. The topological polar surface area (TPSA) is 85.9 Å². The van der Waals surface area contributed by atoms with Gasteiger partial charge in [-0.25, -0.2) is 13.1 Å². The van der Waals surface area contributed by atoms with Crippen molar-refractivity contribution < 1.29 is 22.6 Å². The van der Waals surface area contributed by atoms with Gasteiger partial charge in [-0.3, -0.25) is 0 Å². The van der Waals surface area contributed by atoms with Crippen LogP contribution in [0, 0.1) is 0 Å². The van der Waals surface area contributed by atoms with Crippen LogP contribution in [0.1, 0.15) is 5.56 Å². The van der Waals surface area contributed by atoms with Gasteiger partial charge in [0.05, 0.1) is 12.9 Å². The average Bonchev–Trinajstić information content (AvgIpc) is 2.50. The molecule has 21 heavy (non-hydrogen) atoms. The summed E-state index contributed by atoms with van der Waals surface area (Å²) < 4.78 is 41.2. The number of hydrogen-bond donors (Lipinski definition) is 2. The van der Waals surface area contributed by atoms with Crippen LogP contribution in [-0.4, -0.2) is 48.1 Å². The average molecular weight is 316 g/mol. The minimum absolute atomic E-state index is 0.0329. The first kappa shape index (κ1) is 15.9. The number of rotatable bonds is 7. The molecule has 2 rings (SSSR count). The number of sulfonamides is 1. The zero-order valence-corrected chi connectivity index (χ0v) is 13.0. The summed E-state index contributed by atoms with van der Waals surface area (Å²) in [6.07, 6.45) is 0. The van der Waals surface area contributed by atoms with Gasteiger partial charge in [0.15, 0.2) is 11.5 Å². The highest BCUT2D eigenvalue weighted by Gasteiger charge is 2.18. The van der Waals surface area contributed by atoms with E-state index in [2.05, 4.69) is 10.0 Å². The van der Waals surface area contributed by atoms with Crippen molar-refractivity contribution in [2.75, 3.05) is 39.7 Å². The van der Waals surface area contributed by atoms with Gasteiger partial charge in [-0.15, -0.1) is 0 Å². The van der Waals surface area contributed by atoms with Gasteiger partial charge in [0.1, 0.15) is 13.2 Å². The minimum Gasteiger partial charge on any atom is -0.493 e. The first-order valence-electron chi connectivity index (χ1n) is 6.64. The number of benzene rings is 1. The summed E-state index contributed by atoms with van der Waals surface area (Å²) in [6, 6.07) is 3.73. The molecule has 0 fully saturated rings. The largest absolute Gasteiger partial charge is 0.493 e. The summed E-state index contributed by atoms with van der Waals surface area (Å²) in [5.74, 6) is 1.92. The predicted octanol–water partition coefficient (Wildman–Crippen LogP) is 0.105. The van der Waals surface area contributed by atoms with Crippen LogP contribution in [0.2, 0.25) is 0 Å². The first-order chi connectivity index (χ1) is 10.1. The molecule has 118 valence electrons. The summed E-state index contributed by atoms with van der Waals surface area (Å²) in [4.78, 5) is 0. The molecule has 1 aromatic carbocycles. The maximum Gasteiger partial charge on any atom is 0.212 e. The molecule has 0 amide bonds. The van der Waals surface area contributed by atoms with Crippen molar-refractivity contribution >= 4 is 10.0 Å². The third-order valence-corrected chi connectivity index (χ3v) is 4.44. The summed E-state index contributed by atoms with van der Waals surface area (Å²) >= 11 is 0. The highest BCUT2D eigenvalue weighted by molar-refractivity contribution is 7.89. The molecule has 2 N–H and O–H groups in total. The number of ether oxygens (including phenoxy) is 3. The number of nitrogens with one attached hydrogen (secondary N) is 2. The molecule has 1 aromatic rings. The number of methoxy groups -OCH3 is 1. The third-order valence-electron chi connectivity index (χ3n) is 3.08. The fourth-order valence-electron chi connectivity index (χ4n) is 1.97. The van der Waals surface area contributed by atoms with Crippen LogP contribution in [0.3, 0.4) is 0 Å². The second-order valence-electron chi connectivity index (χ2n) is 4.52. The van der Waals surface area contributed by atoms with E-state index in [9.17, 15) is 8.42 Å². The van der Waals surface area contributed by atoms with E-state index in [1.54, 1.807) is 7.11 Å². The Bertz CT molecular complexity index is 571. The lowest BCUT2D eigenvalue weighted by Crippen LogP contribution is -2.29. The SMILES string of the molecule is CNS(=O)(=O)CCNCc1cc(OC)c2c(c1)OCCO2. The zero-order chi connectivity index (χ0) is 15.3. The van der Waals surface area contributed by atoms with Crippen molar-refractivity contribution in [2.45, 2.75) is 6.54 Å². The summed E-state index contributed by atoms with van der Waals surface area (Å²) in [7, 11) is -0.206. The number of fused-ring (bicyclic) bond motifs is 1. The molecular formula is C13H20N2O5S. The van der Waals surface area contributed by atoms with Crippen molar-refractivity contribution in [3.63, 3.8) is 0 Å². The maximum atomic E-state index is 11.3. The zero-order valence-electron chi connectivity index (χ0n) is 12.1. The second kappa shape index (κ2) is 6.97. The Labute approximate surface area is 124 Å². The smallest absolute Gasteiger partial charge is 0.212 e. The van der Waals surface area contributed by atoms with Crippen LogP contribution in [0.15, 0.2) is 12.1 Å². The van der Waals surface area contributed by atoms with Crippen LogP contribution >= 0.6 is 0 Å². The standard InChI is InChI=1S/C13H20N2O5S/c1-14-21(16,17)6-3-15-9-10-7-11(18-2)13-12(8-10)19-4-5-20-13/h7-8,14-15H,3-6,9H2,1-2H3. The van der Waals surface area contributed by atoms with Gasteiger partial charge in [-0.1, -0.05) is 0 Å². The molecule has 0 saturated carbocycles. The van der Waals surface area contributed by atoms with Crippen molar-refractivity contribution in [3.05, 3.63) is 17.7 Å². The van der Waals surface area contributed by atoms with Gasteiger partial charge in [0, 0.05) is 13.1 Å². The van der Waals surface area contributed by atoms with E-state index in [1.165, 1.54) is 7.05 Å². The summed E-state index contributed by atoms with van der Waals surface area (Å²) in [5.41, 5.74) is 0.943. The normalized spacial score (nSPS) is 14.0. The van der Waals surface area contributed by atoms with E-state index in [4.69, 9.17) is 14.2 Å². The Morgan fingerprint density at radius 1 is 1.29 bits per heavy atom. The molecule has 1 aliphatic heterocycles.